The van der Waals surface area contributed by atoms with E-state index in [-0.39, 0.29) is 0 Å². The first-order chi connectivity index (χ1) is 12.8. The number of aryl methyl sites for hydroxylation is 2. The summed E-state index contributed by atoms with van der Waals surface area (Å²) in [5.41, 5.74) is 5.81. The van der Waals surface area contributed by atoms with Crippen LogP contribution in [0.2, 0.25) is 0 Å². The van der Waals surface area contributed by atoms with Crippen LogP contribution in [0.4, 0.5) is 0 Å². The van der Waals surface area contributed by atoms with Gasteiger partial charge in [0.05, 0.1) is 18.1 Å². The van der Waals surface area contributed by atoms with Crippen LogP contribution in [0.25, 0.3) is 11.3 Å². The zero-order chi connectivity index (χ0) is 18.2. The van der Waals surface area contributed by atoms with Crippen LogP contribution in [-0.4, -0.2) is 9.97 Å². The fourth-order valence-electron chi connectivity index (χ4n) is 2.92. The van der Waals surface area contributed by atoms with Crippen LogP contribution in [0.5, 0.6) is 5.88 Å². The molecule has 0 aliphatic heterocycles. The van der Waals surface area contributed by atoms with Crippen molar-refractivity contribution in [2.24, 2.45) is 0 Å². The van der Waals surface area contributed by atoms with Gasteiger partial charge in [-0.2, -0.15) is 0 Å². The molecule has 0 N–H and O–H groups in total. The van der Waals surface area contributed by atoms with Crippen LogP contribution >= 0.6 is 0 Å². The van der Waals surface area contributed by atoms with Gasteiger partial charge in [-0.05, 0) is 29.5 Å². The molecule has 0 saturated carbocycles. The molecule has 2 aromatic carbocycles. The van der Waals surface area contributed by atoms with Crippen LogP contribution in [0.15, 0.2) is 60.9 Å². The summed E-state index contributed by atoms with van der Waals surface area (Å²) in [5, 5.41) is 0. The lowest BCUT2D eigenvalue weighted by Gasteiger charge is -2.07. The second-order valence-electron chi connectivity index (χ2n) is 6.54. The van der Waals surface area contributed by atoms with E-state index >= 15 is 0 Å². The van der Waals surface area contributed by atoms with Crippen molar-refractivity contribution in [1.82, 2.24) is 9.97 Å². The van der Waals surface area contributed by atoms with E-state index in [9.17, 15) is 0 Å². The largest absolute Gasteiger partial charge is 0.472 e. The third-order valence-electron chi connectivity index (χ3n) is 4.36. The van der Waals surface area contributed by atoms with Gasteiger partial charge >= 0.3 is 0 Å². The van der Waals surface area contributed by atoms with Crippen molar-refractivity contribution in [2.45, 2.75) is 46.1 Å². The van der Waals surface area contributed by atoms with E-state index in [2.05, 4.69) is 72.3 Å². The van der Waals surface area contributed by atoms with Gasteiger partial charge in [-0.3, -0.25) is 0 Å². The number of nitrogens with zero attached hydrogens (tertiary/aromatic N) is 2. The number of rotatable bonds is 8. The van der Waals surface area contributed by atoms with Crippen LogP contribution in [0, 0.1) is 0 Å². The van der Waals surface area contributed by atoms with Gasteiger partial charge in [0.15, 0.2) is 0 Å². The van der Waals surface area contributed by atoms with E-state index in [4.69, 9.17) is 4.74 Å². The van der Waals surface area contributed by atoms with Crippen LogP contribution < -0.4 is 4.74 Å². The second-order valence-corrected chi connectivity index (χ2v) is 6.54. The highest BCUT2D eigenvalue weighted by molar-refractivity contribution is 5.58. The van der Waals surface area contributed by atoms with E-state index in [0.29, 0.717) is 12.5 Å². The summed E-state index contributed by atoms with van der Waals surface area (Å²) in [4.78, 5) is 8.88. The minimum absolute atomic E-state index is 0.506. The number of aromatic nitrogens is 2. The highest BCUT2D eigenvalue weighted by Gasteiger charge is 2.03. The summed E-state index contributed by atoms with van der Waals surface area (Å²) >= 11 is 0. The lowest BCUT2D eigenvalue weighted by molar-refractivity contribution is 0.292. The molecule has 0 spiro atoms. The van der Waals surface area contributed by atoms with Gasteiger partial charge in [0.25, 0.3) is 0 Å². The minimum atomic E-state index is 0.506. The molecule has 0 atom stereocenters. The summed E-state index contributed by atoms with van der Waals surface area (Å²) in [6, 6.07) is 17.1. The van der Waals surface area contributed by atoms with E-state index in [0.717, 1.165) is 36.1 Å². The van der Waals surface area contributed by atoms with Crippen molar-refractivity contribution in [3.05, 3.63) is 77.6 Å². The number of hydrogen-bond acceptors (Lipinski definition) is 3. The Morgan fingerprint density at radius 3 is 1.81 bits per heavy atom. The zero-order valence-corrected chi connectivity index (χ0v) is 15.6. The Hall–Kier alpha value is -2.68. The molecule has 1 aromatic heterocycles. The van der Waals surface area contributed by atoms with Gasteiger partial charge in [0.1, 0.15) is 6.61 Å². The van der Waals surface area contributed by atoms with Gasteiger partial charge in [-0.15, -0.1) is 0 Å². The summed E-state index contributed by atoms with van der Waals surface area (Å²) in [7, 11) is 0. The predicted molar refractivity (Wildman–Crippen MR) is 106 cm³/mol. The van der Waals surface area contributed by atoms with Crippen molar-refractivity contribution in [3.8, 4) is 17.1 Å². The average Bonchev–Trinajstić information content (AvgIpc) is 2.69. The SMILES string of the molecule is CCCc1ccc(COc2cnc(-c3ccc(CCC)cc3)cn2)cc1. The van der Waals surface area contributed by atoms with Crippen molar-refractivity contribution in [2.75, 3.05) is 0 Å². The molecule has 3 rings (SSSR count). The third kappa shape index (κ3) is 4.92. The van der Waals surface area contributed by atoms with E-state index in [1.165, 1.54) is 17.5 Å². The van der Waals surface area contributed by atoms with E-state index in [1.807, 2.05) is 0 Å². The van der Waals surface area contributed by atoms with Crippen LogP contribution in [-0.2, 0) is 19.4 Å². The fourth-order valence-corrected chi connectivity index (χ4v) is 2.92. The topological polar surface area (TPSA) is 35.0 Å². The maximum Gasteiger partial charge on any atom is 0.232 e. The molecule has 3 aromatic rings. The van der Waals surface area contributed by atoms with Crippen molar-refractivity contribution in [1.29, 1.82) is 0 Å². The van der Waals surface area contributed by atoms with E-state index < -0.39 is 0 Å². The maximum atomic E-state index is 5.76. The molecule has 3 nitrogen and oxygen atoms in total. The van der Waals surface area contributed by atoms with E-state index in [1.54, 1.807) is 12.4 Å². The quantitative estimate of drug-likeness (QED) is 0.530. The molecule has 26 heavy (non-hydrogen) atoms. The van der Waals surface area contributed by atoms with Gasteiger partial charge < -0.3 is 4.74 Å². The smallest absolute Gasteiger partial charge is 0.232 e. The molecule has 134 valence electrons. The molecule has 0 unspecified atom stereocenters. The average molecular weight is 346 g/mol. The Balaban J connectivity index is 1.58. The number of benzene rings is 2. The summed E-state index contributed by atoms with van der Waals surface area (Å²) in [6.45, 7) is 4.89. The normalized spacial score (nSPS) is 10.7. The Morgan fingerprint density at radius 1 is 0.692 bits per heavy atom. The Bertz CT molecular complexity index is 793. The van der Waals surface area contributed by atoms with Crippen molar-refractivity contribution in [3.63, 3.8) is 0 Å². The molecular weight excluding hydrogens is 320 g/mol. The minimum Gasteiger partial charge on any atom is -0.472 e. The highest BCUT2D eigenvalue weighted by Crippen LogP contribution is 2.19. The fraction of sp³-hybridized carbons (Fsp3) is 0.304. The Morgan fingerprint density at radius 2 is 1.27 bits per heavy atom. The summed E-state index contributed by atoms with van der Waals surface area (Å²) in [5.74, 6) is 0.550. The van der Waals surface area contributed by atoms with Gasteiger partial charge in [0, 0.05) is 5.56 Å². The molecule has 0 aliphatic rings. The lowest BCUT2D eigenvalue weighted by atomic mass is 10.1. The Labute approximate surface area is 156 Å². The molecule has 0 radical (unpaired) electrons. The van der Waals surface area contributed by atoms with Gasteiger partial charge in [-0.1, -0.05) is 75.2 Å². The van der Waals surface area contributed by atoms with Gasteiger partial charge in [-0.25, -0.2) is 9.97 Å². The van der Waals surface area contributed by atoms with Gasteiger partial charge in [0.2, 0.25) is 5.88 Å². The first-order valence-corrected chi connectivity index (χ1v) is 9.40. The van der Waals surface area contributed by atoms with Crippen LogP contribution in [0.1, 0.15) is 43.4 Å². The highest BCUT2D eigenvalue weighted by atomic mass is 16.5. The first-order valence-electron chi connectivity index (χ1n) is 9.40. The molecule has 0 amide bonds. The summed E-state index contributed by atoms with van der Waals surface area (Å²) < 4.78 is 5.76. The monoisotopic (exact) mass is 346 g/mol. The standard InChI is InChI=1S/C23H26N2O/c1-3-5-18-7-9-20(10-8-18)17-26-23-16-24-22(15-25-23)21-13-11-19(6-4-2)12-14-21/h7-16H,3-6,17H2,1-2H3. The molecule has 0 aliphatic carbocycles. The Kier molecular flexibility index (Phi) is 6.37. The summed E-state index contributed by atoms with van der Waals surface area (Å²) in [6.07, 6.45) is 8.02. The lowest BCUT2D eigenvalue weighted by Crippen LogP contribution is -1.98. The molecule has 1 heterocycles. The molecule has 0 fully saturated rings. The molecule has 0 saturated heterocycles. The maximum absolute atomic E-state index is 5.76. The molecule has 0 bridgehead atoms. The number of ether oxygens (including phenoxy) is 1. The third-order valence-corrected chi connectivity index (χ3v) is 4.36. The predicted octanol–water partition coefficient (Wildman–Crippen LogP) is 5.63. The van der Waals surface area contributed by atoms with Crippen molar-refractivity contribution < 1.29 is 4.74 Å². The van der Waals surface area contributed by atoms with Crippen molar-refractivity contribution >= 4 is 0 Å². The first kappa shape index (κ1) is 18.1. The van der Waals surface area contributed by atoms with Crippen LogP contribution in [0.3, 0.4) is 0 Å². The second kappa shape index (κ2) is 9.14. The molecular formula is C23H26N2O. The molecule has 3 heteroatoms. The zero-order valence-electron chi connectivity index (χ0n) is 15.6. The number of hydrogen-bond donors (Lipinski definition) is 0.